The summed E-state index contributed by atoms with van der Waals surface area (Å²) < 4.78 is 30.4. The lowest BCUT2D eigenvalue weighted by Gasteiger charge is -2.28. The van der Waals surface area contributed by atoms with Crippen LogP contribution in [0.25, 0.3) is 6.08 Å². The molecule has 0 aromatic heterocycles. The fourth-order valence-corrected chi connectivity index (χ4v) is 8.34. The largest absolute Gasteiger partial charge is 0.465 e. The first-order valence-corrected chi connectivity index (χ1v) is 21.2. The summed E-state index contributed by atoms with van der Waals surface area (Å²) in [5.41, 5.74) is 10.2. The zero-order valence-corrected chi connectivity index (χ0v) is 34.4. The van der Waals surface area contributed by atoms with Gasteiger partial charge in [0.25, 0.3) is 0 Å². The fourth-order valence-electron chi connectivity index (χ4n) is 6.99. The van der Waals surface area contributed by atoms with Gasteiger partial charge in [0.05, 0.1) is 18.4 Å². The van der Waals surface area contributed by atoms with E-state index in [0.717, 1.165) is 47.1 Å². The number of hydrogen-bond acceptors (Lipinski definition) is 8. The number of nitrogens with zero attached hydrogens (tertiary/aromatic N) is 2. The van der Waals surface area contributed by atoms with Crippen LogP contribution >= 0.6 is 0 Å². The molecule has 2 aliphatic heterocycles. The molecule has 2 saturated carbocycles. The van der Waals surface area contributed by atoms with Gasteiger partial charge in [-0.25, -0.2) is 18.0 Å². The minimum Gasteiger partial charge on any atom is -0.465 e. The molecule has 57 heavy (non-hydrogen) atoms. The predicted molar refractivity (Wildman–Crippen MR) is 218 cm³/mol. The van der Waals surface area contributed by atoms with Crippen molar-refractivity contribution in [1.29, 1.82) is 0 Å². The maximum atomic E-state index is 13.4. The average molecular weight is 810 g/mol. The molecule has 4 aliphatic rings. The first-order valence-electron chi connectivity index (χ1n) is 19.6. The number of carbonyl (C=O) groups excluding carboxylic acids is 4. The standard InChI is InChI=1S/C33H46N4O6.C9H13NO3S/c1-22(2)18-23(3)14-15-27(30(39)37-17-9-13-28(37)29(34)38)35-31(40)43-21-33(4,5)16-7-6-10-24-11-8-12-25-19-36(32(41)42)20-26(24)25;1-2-6-5-8(6)9(11)10-14(12,13)7-3-4-7/h6,8,10-12,18,27-28H,3,7,9,13-17,19-21H2,1-2,4-5H3,(H2,34,38)(H,35,40)(H,41,42);2,6-8H,1,3-5H2,(H,10,11)/b10-6+;/t27-,28?;/m0./s1. The predicted octanol–water partition coefficient (Wildman–Crippen LogP) is 5.79. The molecule has 1 saturated heterocycles. The summed E-state index contributed by atoms with van der Waals surface area (Å²) >= 11 is 0. The second-order valence-electron chi connectivity index (χ2n) is 16.5. The SMILES string of the molecule is C=C(C=C(C)C)CC[C@H](NC(=O)OCC(C)(C)CC/C=C/c1cccc2c1CN(C(=O)O)C2)C(=O)N1CCCC1C(N)=O.C=CC1CC1C(=O)NS(=O)(=O)C1CC1. The van der Waals surface area contributed by atoms with Crippen molar-refractivity contribution in [2.24, 2.45) is 23.0 Å². The molecule has 1 aromatic carbocycles. The highest BCUT2D eigenvalue weighted by Crippen LogP contribution is 2.40. The number of ether oxygens (including phenoxy) is 1. The van der Waals surface area contributed by atoms with Crippen LogP contribution in [-0.4, -0.2) is 83.7 Å². The number of allylic oxidation sites excluding steroid dienone is 5. The number of hydrogen-bond donors (Lipinski definition) is 4. The Morgan fingerprint density at radius 1 is 1.12 bits per heavy atom. The summed E-state index contributed by atoms with van der Waals surface area (Å²) in [5.74, 6) is -1.24. The number of nitrogens with two attached hydrogens (primary N) is 1. The second-order valence-corrected chi connectivity index (χ2v) is 18.4. The Bertz CT molecular complexity index is 1880. The van der Waals surface area contributed by atoms with Gasteiger partial charge < -0.3 is 25.8 Å². The number of benzene rings is 1. The van der Waals surface area contributed by atoms with E-state index in [1.54, 1.807) is 6.08 Å². The highest BCUT2D eigenvalue weighted by Gasteiger charge is 2.44. The van der Waals surface area contributed by atoms with Crippen LogP contribution < -0.4 is 15.8 Å². The first-order chi connectivity index (χ1) is 26.8. The Labute approximate surface area is 336 Å². The highest BCUT2D eigenvalue weighted by atomic mass is 32.2. The van der Waals surface area contributed by atoms with E-state index in [9.17, 15) is 37.5 Å². The van der Waals surface area contributed by atoms with Crippen LogP contribution in [0, 0.1) is 17.3 Å². The van der Waals surface area contributed by atoms with Crippen molar-refractivity contribution in [2.45, 2.75) is 116 Å². The third-order valence-corrected chi connectivity index (χ3v) is 12.4. The van der Waals surface area contributed by atoms with Crippen LogP contribution in [0.5, 0.6) is 0 Å². The van der Waals surface area contributed by atoms with Crippen LogP contribution in [0.4, 0.5) is 9.59 Å². The molecule has 2 aliphatic carbocycles. The Kier molecular flexibility index (Phi) is 15.3. The molecule has 1 aromatic rings. The smallest absolute Gasteiger partial charge is 0.407 e. The van der Waals surface area contributed by atoms with Crippen LogP contribution in [-0.2, 0) is 42.2 Å². The number of rotatable bonds is 17. The van der Waals surface area contributed by atoms with Gasteiger partial charge in [-0.15, -0.1) is 6.58 Å². The van der Waals surface area contributed by atoms with Gasteiger partial charge in [-0.05, 0) is 99.7 Å². The Morgan fingerprint density at radius 2 is 1.84 bits per heavy atom. The molecule has 0 radical (unpaired) electrons. The van der Waals surface area contributed by atoms with Gasteiger partial charge >= 0.3 is 12.2 Å². The van der Waals surface area contributed by atoms with Crippen LogP contribution in [0.1, 0.15) is 102 Å². The number of primary amides is 1. The van der Waals surface area contributed by atoms with Gasteiger partial charge in [-0.2, -0.15) is 0 Å². The summed E-state index contributed by atoms with van der Waals surface area (Å²) in [7, 11) is -3.36. The summed E-state index contributed by atoms with van der Waals surface area (Å²) in [5, 5.41) is 11.7. The Balaban J connectivity index is 0.000000428. The molecule has 0 spiro atoms. The third-order valence-electron chi connectivity index (χ3n) is 10.6. The van der Waals surface area contributed by atoms with E-state index in [0.29, 0.717) is 58.2 Å². The summed E-state index contributed by atoms with van der Waals surface area (Å²) in [6.07, 6.45) is 11.7. The number of sulfonamides is 1. The monoisotopic (exact) mass is 809 g/mol. The van der Waals surface area contributed by atoms with Crippen molar-refractivity contribution in [3.8, 4) is 0 Å². The summed E-state index contributed by atoms with van der Waals surface area (Å²) in [6, 6.07) is 4.34. The van der Waals surface area contributed by atoms with E-state index in [-0.39, 0.29) is 40.9 Å². The fraction of sp³-hybridized carbons (Fsp3) is 0.548. The van der Waals surface area contributed by atoms with Gasteiger partial charge in [0.15, 0.2) is 0 Å². The van der Waals surface area contributed by atoms with Crippen molar-refractivity contribution in [3.05, 3.63) is 77.4 Å². The van der Waals surface area contributed by atoms with Crippen LogP contribution in [0.15, 0.2) is 60.7 Å². The molecule has 3 unspecified atom stereocenters. The van der Waals surface area contributed by atoms with E-state index in [2.05, 4.69) is 29.3 Å². The van der Waals surface area contributed by atoms with Gasteiger partial charge in [0.1, 0.15) is 12.1 Å². The van der Waals surface area contributed by atoms with E-state index < -0.39 is 40.2 Å². The number of likely N-dealkylation sites (tertiary alicyclic amines) is 1. The molecule has 15 heteroatoms. The lowest BCUT2D eigenvalue weighted by atomic mass is 9.88. The lowest BCUT2D eigenvalue weighted by molar-refractivity contribution is -0.139. The summed E-state index contributed by atoms with van der Waals surface area (Å²) in [6.45, 7) is 16.9. The molecule has 0 bridgehead atoms. The van der Waals surface area contributed by atoms with Gasteiger partial charge in [0, 0.05) is 19.0 Å². The van der Waals surface area contributed by atoms with Crippen molar-refractivity contribution in [1.82, 2.24) is 19.8 Å². The minimum absolute atomic E-state index is 0.153. The van der Waals surface area contributed by atoms with Crippen LogP contribution in [0.3, 0.4) is 0 Å². The molecule has 5 rings (SSSR count). The lowest BCUT2D eigenvalue weighted by Crippen LogP contribution is -2.53. The second kappa shape index (κ2) is 19.5. The van der Waals surface area contributed by atoms with Gasteiger partial charge in [-0.3, -0.25) is 24.0 Å². The molecule has 312 valence electrons. The zero-order valence-electron chi connectivity index (χ0n) is 33.6. The normalized spacial score (nSPS) is 20.4. The first kappa shape index (κ1) is 44.8. The van der Waals surface area contributed by atoms with Crippen molar-refractivity contribution in [3.63, 3.8) is 0 Å². The number of amides is 5. The maximum Gasteiger partial charge on any atom is 0.407 e. The van der Waals surface area contributed by atoms with Crippen LogP contribution in [0.2, 0.25) is 0 Å². The molecule has 4 atom stereocenters. The number of carboxylic acid groups (broad SMARTS) is 1. The zero-order chi connectivity index (χ0) is 42.1. The highest BCUT2D eigenvalue weighted by molar-refractivity contribution is 7.90. The molecular weight excluding hydrogens is 751 g/mol. The quantitative estimate of drug-likeness (QED) is 0.111. The van der Waals surface area contributed by atoms with Crippen molar-refractivity contribution >= 4 is 46.0 Å². The maximum absolute atomic E-state index is 13.4. The topological polar surface area (TPSA) is 206 Å². The number of alkyl carbamates (subject to hydrolysis) is 1. The van der Waals surface area contributed by atoms with Crippen molar-refractivity contribution < 1.29 is 42.2 Å². The average Bonchev–Trinajstić information content (AvgIpc) is 4.05. The van der Waals surface area contributed by atoms with Gasteiger partial charge in [-0.1, -0.05) is 74.1 Å². The molecule has 3 fully saturated rings. The van der Waals surface area contributed by atoms with E-state index >= 15 is 0 Å². The number of fused-ring (bicyclic) bond motifs is 1. The molecular formula is C42H59N5O9S. The summed E-state index contributed by atoms with van der Waals surface area (Å²) in [4.78, 5) is 63.8. The van der Waals surface area contributed by atoms with E-state index in [1.165, 1.54) is 9.80 Å². The number of carbonyl (C=O) groups is 5. The van der Waals surface area contributed by atoms with Crippen molar-refractivity contribution in [2.75, 3.05) is 13.2 Å². The van der Waals surface area contributed by atoms with E-state index in [4.69, 9.17) is 10.5 Å². The molecule has 14 nitrogen and oxygen atoms in total. The van der Waals surface area contributed by atoms with E-state index in [1.807, 2.05) is 58.0 Å². The molecule has 5 amide bonds. The Hall–Kier alpha value is -4.92. The molecule has 5 N–H and O–H groups in total. The Morgan fingerprint density at radius 3 is 2.46 bits per heavy atom. The molecule has 2 heterocycles. The minimum atomic E-state index is -3.36. The number of nitrogens with one attached hydrogen (secondary N) is 2. The third kappa shape index (κ3) is 13.3. The van der Waals surface area contributed by atoms with Gasteiger partial charge in [0.2, 0.25) is 27.7 Å².